The van der Waals surface area contributed by atoms with Crippen LogP contribution in [0, 0.1) is 5.41 Å². The zero-order valence-corrected chi connectivity index (χ0v) is 11.4. The Balaban J connectivity index is 2.14. The van der Waals surface area contributed by atoms with Gasteiger partial charge in [-0.2, -0.15) is 0 Å². The Bertz CT molecular complexity index is 443. The molecule has 16 heavy (non-hydrogen) atoms. The summed E-state index contributed by atoms with van der Waals surface area (Å²) in [6.07, 6.45) is 0.444. The van der Waals surface area contributed by atoms with E-state index in [0.29, 0.717) is 11.4 Å². The van der Waals surface area contributed by atoms with Gasteiger partial charge in [-0.15, -0.1) is 0 Å². The van der Waals surface area contributed by atoms with Crippen molar-refractivity contribution in [2.24, 2.45) is 5.41 Å². The Morgan fingerprint density at radius 1 is 1.50 bits per heavy atom. The van der Waals surface area contributed by atoms with Crippen molar-refractivity contribution in [2.75, 3.05) is 0 Å². The Kier molecular flexibility index (Phi) is 3.01. The molecule has 0 spiro atoms. The van der Waals surface area contributed by atoms with Gasteiger partial charge in [0, 0.05) is 11.4 Å². The third-order valence-electron chi connectivity index (χ3n) is 3.06. The quantitative estimate of drug-likeness (QED) is 0.829. The molecule has 0 bridgehead atoms. The molecule has 1 unspecified atom stereocenters. The highest BCUT2D eigenvalue weighted by molar-refractivity contribution is 9.10. The van der Waals surface area contributed by atoms with Crippen LogP contribution >= 0.6 is 27.5 Å². The van der Waals surface area contributed by atoms with Crippen LogP contribution in [0.15, 0.2) is 22.7 Å². The van der Waals surface area contributed by atoms with Crippen LogP contribution in [-0.4, -0.2) is 11.9 Å². The number of hydrogen-bond acceptors (Lipinski definition) is 2. The number of rotatable bonds is 2. The third-order valence-corrected chi connectivity index (χ3v) is 3.91. The summed E-state index contributed by atoms with van der Waals surface area (Å²) in [5, 5.41) is 0.656. The van der Waals surface area contributed by atoms with E-state index in [-0.39, 0.29) is 17.3 Å². The van der Waals surface area contributed by atoms with Crippen molar-refractivity contribution >= 4 is 33.3 Å². The van der Waals surface area contributed by atoms with Crippen LogP contribution in [0.5, 0.6) is 5.75 Å². The number of ether oxygens (including phenoxy) is 1. The van der Waals surface area contributed by atoms with Crippen molar-refractivity contribution in [3.05, 3.63) is 27.7 Å². The lowest BCUT2D eigenvalue weighted by molar-refractivity contribution is -0.148. The molecule has 2 nitrogen and oxygen atoms in total. The molecule has 86 valence electrons. The Hall–Kier alpha value is -0.540. The fraction of sp³-hybridized carbons (Fsp3) is 0.417. The molecule has 0 amide bonds. The molecule has 0 aromatic heterocycles. The van der Waals surface area contributed by atoms with Crippen LogP contribution in [-0.2, 0) is 4.79 Å². The zero-order valence-electron chi connectivity index (χ0n) is 9.09. The summed E-state index contributed by atoms with van der Waals surface area (Å²) >= 11 is 9.23. The summed E-state index contributed by atoms with van der Waals surface area (Å²) in [5.41, 5.74) is -0.376. The van der Waals surface area contributed by atoms with Crippen molar-refractivity contribution in [3.63, 3.8) is 0 Å². The Morgan fingerprint density at radius 2 is 2.19 bits per heavy atom. The Labute approximate surface area is 108 Å². The molecule has 1 aliphatic rings. The van der Waals surface area contributed by atoms with Crippen LogP contribution in [0.1, 0.15) is 20.3 Å². The maximum Gasteiger partial charge on any atom is 0.145 e. The minimum Gasteiger partial charge on any atom is -0.488 e. The molecule has 0 saturated heterocycles. The van der Waals surface area contributed by atoms with Crippen molar-refractivity contribution in [1.82, 2.24) is 0 Å². The summed E-state index contributed by atoms with van der Waals surface area (Å²) in [6, 6.07) is 5.37. The number of carbonyl (C=O) groups is 1. The van der Waals surface area contributed by atoms with Gasteiger partial charge in [-0.1, -0.05) is 11.6 Å². The van der Waals surface area contributed by atoms with Gasteiger partial charge in [0.15, 0.2) is 0 Å². The van der Waals surface area contributed by atoms with Crippen molar-refractivity contribution < 1.29 is 9.53 Å². The molecule has 1 aliphatic carbocycles. The molecule has 0 N–H and O–H groups in total. The fourth-order valence-corrected chi connectivity index (χ4v) is 2.42. The van der Waals surface area contributed by atoms with E-state index >= 15 is 0 Å². The maximum atomic E-state index is 11.4. The fourth-order valence-electron chi connectivity index (χ4n) is 1.65. The SMILES string of the molecule is CC1(C)C(=O)CC1Oc1ccc(Cl)cc1Br. The van der Waals surface area contributed by atoms with E-state index < -0.39 is 0 Å². The predicted octanol–water partition coefficient (Wildman–Crippen LogP) is 3.85. The van der Waals surface area contributed by atoms with Crippen LogP contribution in [0.3, 0.4) is 0 Å². The summed E-state index contributed by atoms with van der Waals surface area (Å²) in [7, 11) is 0. The molecule has 4 heteroatoms. The number of Topliss-reactive ketones (excluding diaryl/α,β-unsaturated/α-hetero) is 1. The number of ketones is 1. The first-order valence-corrected chi connectivity index (χ1v) is 6.23. The zero-order chi connectivity index (χ0) is 11.9. The molecule has 2 rings (SSSR count). The lowest BCUT2D eigenvalue weighted by Gasteiger charge is -2.42. The molecular formula is C12H12BrClO2. The van der Waals surface area contributed by atoms with Gasteiger partial charge in [0.05, 0.1) is 9.89 Å². The second kappa shape index (κ2) is 4.04. The van der Waals surface area contributed by atoms with Gasteiger partial charge in [0.25, 0.3) is 0 Å². The van der Waals surface area contributed by atoms with Gasteiger partial charge >= 0.3 is 0 Å². The standard InChI is InChI=1S/C12H12BrClO2/c1-12(2)10(15)6-11(12)16-9-4-3-7(14)5-8(9)13/h3-5,11H,6H2,1-2H3. The maximum absolute atomic E-state index is 11.4. The molecule has 1 fully saturated rings. The summed E-state index contributed by atoms with van der Waals surface area (Å²) in [5.74, 6) is 0.984. The van der Waals surface area contributed by atoms with Gasteiger partial charge in [0.1, 0.15) is 17.6 Å². The summed E-state index contributed by atoms with van der Waals surface area (Å²) in [6.45, 7) is 3.82. The van der Waals surface area contributed by atoms with Gasteiger partial charge in [-0.05, 0) is 48.0 Å². The molecular weight excluding hydrogens is 291 g/mol. The van der Waals surface area contributed by atoms with Crippen LogP contribution in [0.4, 0.5) is 0 Å². The second-order valence-electron chi connectivity index (χ2n) is 4.53. The van der Waals surface area contributed by atoms with Crippen LogP contribution in [0.25, 0.3) is 0 Å². The highest BCUT2D eigenvalue weighted by atomic mass is 79.9. The van der Waals surface area contributed by atoms with E-state index in [1.54, 1.807) is 12.1 Å². The number of hydrogen-bond donors (Lipinski definition) is 0. The molecule has 0 aliphatic heterocycles. The van der Waals surface area contributed by atoms with Crippen molar-refractivity contribution in [3.8, 4) is 5.75 Å². The third kappa shape index (κ3) is 1.98. The highest BCUT2D eigenvalue weighted by Gasteiger charge is 2.49. The average molecular weight is 304 g/mol. The smallest absolute Gasteiger partial charge is 0.145 e. The monoisotopic (exact) mass is 302 g/mol. The van der Waals surface area contributed by atoms with Crippen molar-refractivity contribution in [1.29, 1.82) is 0 Å². The van der Waals surface area contributed by atoms with Gasteiger partial charge in [-0.3, -0.25) is 4.79 Å². The average Bonchev–Trinajstić information content (AvgIpc) is 2.21. The minimum absolute atomic E-state index is 0.0440. The molecule has 1 atom stereocenters. The number of carbonyl (C=O) groups excluding carboxylic acids is 1. The summed E-state index contributed by atoms with van der Waals surface area (Å²) in [4.78, 5) is 11.4. The van der Waals surface area contributed by atoms with Crippen molar-refractivity contribution in [2.45, 2.75) is 26.4 Å². The van der Waals surface area contributed by atoms with Gasteiger partial charge < -0.3 is 4.74 Å². The van der Waals surface area contributed by atoms with E-state index in [2.05, 4.69) is 15.9 Å². The largest absolute Gasteiger partial charge is 0.488 e. The lowest BCUT2D eigenvalue weighted by Crippen LogP contribution is -2.53. The van der Waals surface area contributed by atoms with Gasteiger partial charge in [-0.25, -0.2) is 0 Å². The Morgan fingerprint density at radius 3 is 2.69 bits per heavy atom. The molecule has 1 saturated carbocycles. The summed E-state index contributed by atoms with van der Waals surface area (Å²) < 4.78 is 6.61. The highest BCUT2D eigenvalue weighted by Crippen LogP contribution is 2.41. The topological polar surface area (TPSA) is 26.3 Å². The van der Waals surface area contributed by atoms with E-state index in [1.165, 1.54) is 0 Å². The first-order valence-electron chi connectivity index (χ1n) is 5.06. The normalized spacial score (nSPS) is 22.8. The van der Waals surface area contributed by atoms with Gasteiger partial charge in [0.2, 0.25) is 0 Å². The second-order valence-corrected chi connectivity index (χ2v) is 5.82. The minimum atomic E-state index is -0.376. The number of benzene rings is 1. The molecule has 0 radical (unpaired) electrons. The van der Waals surface area contributed by atoms with Crippen LogP contribution in [0.2, 0.25) is 5.02 Å². The van der Waals surface area contributed by atoms with Crippen LogP contribution < -0.4 is 4.74 Å². The lowest BCUT2D eigenvalue weighted by atomic mass is 9.68. The molecule has 0 heterocycles. The van der Waals surface area contributed by atoms with E-state index in [9.17, 15) is 4.79 Å². The first kappa shape index (κ1) is 11.9. The van der Waals surface area contributed by atoms with E-state index in [0.717, 1.165) is 10.2 Å². The molecule has 1 aromatic rings. The van der Waals surface area contributed by atoms with E-state index in [4.69, 9.17) is 16.3 Å². The number of halogens is 2. The molecule has 1 aromatic carbocycles. The predicted molar refractivity (Wildman–Crippen MR) is 67.0 cm³/mol. The first-order chi connectivity index (χ1) is 7.41. The van der Waals surface area contributed by atoms with E-state index in [1.807, 2.05) is 19.9 Å².